The smallest absolute Gasteiger partial charge is 0.229 e. The van der Waals surface area contributed by atoms with E-state index in [9.17, 15) is 13.6 Å². The fourth-order valence-electron chi connectivity index (χ4n) is 3.32. The van der Waals surface area contributed by atoms with Crippen molar-refractivity contribution < 1.29 is 13.6 Å². The maximum atomic E-state index is 13.8. The van der Waals surface area contributed by atoms with Crippen molar-refractivity contribution >= 4 is 32.6 Å². The number of fused-ring (bicyclic) bond motifs is 1. The molecule has 1 aliphatic carbocycles. The minimum Gasteiger partial charge on any atom is -0.313 e. The molecule has 0 radical (unpaired) electrons. The topological polar surface area (TPSA) is 57.3 Å². The first-order valence-electron chi connectivity index (χ1n) is 8.87. The van der Waals surface area contributed by atoms with Gasteiger partial charge in [0.15, 0.2) is 10.9 Å². The van der Waals surface area contributed by atoms with Gasteiger partial charge in [-0.1, -0.05) is 17.8 Å². The molecule has 2 aromatic rings. The molecule has 3 rings (SSSR count). The molecule has 1 aromatic heterocycles. The summed E-state index contributed by atoms with van der Waals surface area (Å²) in [6.45, 7) is 1.86. The van der Waals surface area contributed by atoms with Gasteiger partial charge in [-0.15, -0.1) is 0 Å². The van der Waals surface area contributed by atoms with E-state index in [-0.39, 0.29) is 17.3 Å². The van der Waals surface area contributed by atoms with Gasteiger partial charge in [0.05, 0.1) is 4.70 Å². The third-order valence-corrected chi connectivity index (χ3v) is 5.60. The summed E-state index contributed by atoms with van der Waals surface area (Å²) in [7, 11) is 4.07. The Morgan fingerprint density at radius 2 is 2.15 bits per heavy atom. The van der Waals surface area contributed by atoms with Crippen LogP contribution in [0.15, 0.2) is 12.1 Å². The molecule has 0 aliphatic heterocycles. The zero-order valence-electron chi connectivity index (χ0n) is 15.0. The number of halogens is 2. The minimum absolute atomic E-state index is 0.0887. The second-order valence-corrected chi connectivity index (χ2v) is 8.09. The standard InChI is InChI=1S/C18H24F2N4OS/c1-24(2)7-6-21-13-5-3-4-11(8-13)17(25)23-18-22-16-14(20)9-12(19)10-15(16)26-18/h9-11,13,21H,3-8H2,1-2H3,(H,22,23,25)/t11-,13-/m1/s1. The number of hydrogen-bond donors (Lipinski definition) is 2. The Kier molecular flexibility index (Phi) is 6.16. The summed E-state index contributed by atoms with van der Waals surface area (Å²) in [6, 6.07) is 2.37. The molecule has 0 unspecified atom stereocenters. The van der Waals surface area contributed by atoms with Crippen LogP contribution in [0.3, 0.4) is 0 Å². The Hall–Kier alpha value is -1.64. The van der Waals surface area contributed by atoms with E-state index in [1.807, 2.05) is 14.1 Å². The third kappa shape index (κ3) is 4.75. The lowest BCUT2D eigenvalue weighted by molar-refractivity contribution is -0.121. The molecule has 1 saturated carbocycles. The highest BCUT2D eigenvalue weighted by molar-refractivity contribution is 7.22. The van der Waals surface area contributed by atoms with Crippen LogP contribution in [-0.4, -0.2) is 49.0 Å². The molecule has 5 nitrogen and oxygen atoms in total. The first-order valence-corrected chi connectivity index (χ1v) is 9.68. The molecular formula is C18H24F2N4OS. The summed E-state index contributed by atoms with van der Waals surface area (Å²) in [4.78, 5) is 18.8. The molecule has 1 fully saturated rings. The third-order valence-electron chi connectivity index (χ3n) is 4.68. The van der Waals surface area contributed by atoms with Gasteiger partial charge in [-0.3, -0.25) is 4.79 Å². The molecule has 1 aliphatic rings. The highest BCUT2D eigenvalue weighted by atomic mass is 32.1. The predicted molar refractivity (Wildman–Crippen MR) is 100 cm³/mol. The average Bonchev–Trinajstić information content (AvgIpc) is 2.97. The highest BCUT2D eigenvalue weighted by Crippen LogP contribution is 2.30. The number of hydrogen-bond acceptors (Lipinski definition) is 5. The van der Waals surface area contributed by atoms with Crippen molar-refractivity contribution in [2.24, 2.45) is 5.92 Å². The second kappa shape index (κ2) is 8.37. The average molecular weight is 382 g/mol. The van der Waals surface area contributed by atoms with Crippen molar-refractivity contribution in [3.63, 3.8) is 0 Å². The summed E-state index contributed by atoms with van der Waals surface area (Å²) >= 11 is 1.09. The van der Waals surface area contributed by atoms with Crippen LogP contribution in [0, 0.1) is 17.6 Å². The number of carbonyl (C=O) groups is 1. The molecule has 1 heterocycles. The zero-order chi connectivity index (χ0) is 18.7. The van der Waals surface area contributed by atoms with E-state index in [0.717, 1.165) is 56.2 Å². The van der Waals surface area contributed by atoms with Crippen LogP contribution < -0.4 is 10.6 Å². The largest absolute Gasteiger partial charge is 0.313 e. The van der Waals surface area contributed by atoms with Gasteiger partial charge in [-0.25, -0.2) is 13.8 Å². The SMILES string of the molecule is CN(C)CCN[C@@H]1CCC[C@@H](C(=O)Nc2nc3c(F)cc(F)cc3s2)C1. The Balaban J connectivity index is 1.59. The molecule has 2 N–H and O–H groups in total. The molecule has 0 spiro atoms. The van der Waals surface area contributed by atoms with Crippen LogP contribution in [0.1, 0.15) is 25.7 Å². The summed E-state index contributed by atoms with van der Waals surface area (Å²) in [5.74, 6) is -1.53. The zero-order valence-corrected chi connectivity index (χ0v) is 15.8. The van der Waals surface area contributed by atoms with E-state index in [2.05, 4.69) is 20.5 Å². The van der Waals surface area contributed by atoms with Crippen molar-refractivity contribution in [3.05, 3.63) is 23.8 Å². The second-order valence-electron chi connectivity index (χ2n) is 7.06. The van der Waals surface area contributed by atoms with Crippen LogP contribution in [-0.2, 0) is 4.79 Å². The van der Waals surface area contributed by atoms with Crippen molar-refractivity contribution in [3.8, 4) is 0 Å². The van der Waals surface area contributed by atoms with Crippen LogP contribution in [0.25, 0.3) is 10.2 Å². The van der Waals surface area contributed by atoms with Gasteiger partial charge in [-0.05, 0) is 39.4 Å². The maximum absolute atomic E-state index is 13.8. The number of nitrogens with one attached hydrogen (secondary N) is 2. The molecule has 0 bridgehead atoms. The van der Waals surface area contributed by atoms with Crippen LogP contribution in [0.5, 0.6) is 0 Å². The van der Waals surface area contributed by atoms with E-state index in [0.29, 0.717) is 15.9 Å². The van der Waals surface area contributed by atoms with Gasteiger partial charge in [0.1, 0.15) is 11.3 Å². The van der Waals surface area contributed by atoms with E-state index < -0.39 is 11.6 Å². The lowest BCUT2D eigenvalue weighted by atomic mass is 9.85. The minimum atomic E-state index is -0.709. The Bertz CT molecular complexity index is 780. The summed E-state index contributed by atoms with van der Waals surface area (Å²) < 4.78 is 27.4. The van der Waals surface area contributed by atoms with Crippen LogP contribution >= 0.6 is 11.3 Å². The normalized spacial score (nSPS) is 20.7. The summed E-state index contributed by atoms with van der Waals surface area (Å²) in [5, 5.41) is 6.61. The Morgan fingerprint density at radius 1 is 1.35 bits per heavy atom. The molecule has 26 heavy (non-hydrogen) atoms. The van der Waals surface area contributed by atoms with Crippen molar-refractivity contribution in [2.45, 2.75) is 31.7 Å². The lowest BCUT2D eigenvalue weighted by Gasteiger charge is -2.29. The number of thiazole rings is 1. The van der Waals surface area contributed by atoms with Crippen molar-refractivity contribution in [1.29, 1.82) is 0 Å². The number of rotatable bonds is 6. The number of benzene rings is 1. The lowest BCUT2D eigenvalue weighted by Crippen LogP contribution is -2.40. The van der Waals surface area contributed by atoms with Crippen molar-refractivity contribution in [2.75, 3.05) is 32.5 Å². The maximum Gasteiger partial charge on any atom is 0.229 e. The van der Waals surface area contributed by atoms with Gasteiger partial charge in [0.2, 0.25) is 5.91 Å². The van der Waals surface area contributed by atoms with E-state index >= 15 is 0 Å². The Labute approximate surface area is 155 Å². The molecular weight excluding hydrogens is 358 g/mol. The van der Waals surface area contributed by atoms with E-state index in [1.165, 1.54) is 6.07 Å². The van der Waals surface area contributed by atoms with Gasteiger partial charge in [-0.2, -0.15) is 0 Å². The fourth-order valence-corrected chi connectivity index (χ4v) is 4.23. The number of carbonyl (C=O) groups excluding carboxylic acids is 1. The van der Waals surface area contributed by atoms with Crippen LogP contribution in [0.2, 0.25) is 0 Å². The van der Waals surface area contributed by atoms with Gasteiger partial charge in [0.25, 0.3) is 0 Å². The highest BCUT2D eigenvalue weighted by Gasteiger charge is 2.27. The van der Waals surface area contributed by atoms with Gasteiger partial charge < -0.3 is 15.5 Å². The first-order chi connectivity index (χ1) is 12.4. The van der Waals surface area contributed by atoms with Crippen LogP contribution in [0.4, 0.5) is 13.9 Å². The summed E-state index contributed by atoms with van der Waals surface area (Å²) in [5.41, 5.74) is 0.0959. The quantitative estimate of drug-likeness (QED) is 0.805. The molecule has 2 atom stereocenters. The molecule has 142 valence electrons. The monoisotopic (exact) mass is 382 g/mol. The van der Waals surface area contributed by atoms with Gasteiger partial charge in [0, 0.05) is 31.1 Å². The van der Waals surface area contributed by atoms with E-state index in [1.54, 1.807) is 0 Å². The molecule has 8 heteroatoms. The van der Waals surface area contributed by atoms with E-state index in [4.69, 9.17) is 0 Å². The number of nitrogens with zero attached hydrogens (tertiary/aromatic N) is 2. The van der Waals surface area contributed by atoms with Gasteiger partial charge >= 0.3 is 0 Å². The number of amides is 1. The Morgan fingerprint density at radius 3 is 2.92 bits per heavy atom. The predicted octanol–water partition coefficient (Wildman–Crippen LogP) is 3.22. The number of likely N-dealkylation sites (N-methyl/N-ethyl adjacent to an activating group) is 1. The molecule has 1 amide bonds. The first kappa shape index (κ1) is 19.1. The summed E-state index contributed by atoms with van der Waals surface area (Å²) in [6.07, 6.45) is 3.69. The van der Waals surface area contributed by atoms with Crippen molar-refractivity contribution in [1.82, 2.24) is 15.2 Å². The molecule has 0 saturated heterocycles. The fraction of sp³-hybridized carbons (Fsp3) is 0.556. The number of anilines is 1. The molecule has 1 aromatic carbocycles. The number of aromatic nitrogens is 1.